The molecule has 0 aliphatic carbocycles. The summed E-state index contributed by atoms with van der Waals surface area (Å²) in [6.07, 6.45) is 1.68. The molecule has 100 valence electrons. The summed E-state index contributed by atoms with van der Waals surface area (Å²) < 4.78 is 13.2. The normalized spacial score (nSPS) is 10.7. The van der Waals surface area contributed by atoms with Crippen molar-refractivity contribution in [1.82, 2.24) is 10.2 Å². The first-order chi connectivity index (χ1) is 9.63. The van der Waals surface area contributed by atoms with E-state index < -0.39 is 5.82 Å². The Hall–Kier alpha value is -2.69. The van der Waals surface area contributed by atoms with Crippen LogP contribution in [0, 0.1) is 12.7 Å². The molecule has 0 aliphatic rings. The number of aryl methyl sites for hydroxylation is 1. The Kier molecular flexibility index (Phi) is 2.95. The molecule has 20 heavy (non-hydrogen) atoms. The number of hydrogen-bond donors (Lipinski definition) is 2. The number of aromatic amines is 1. The number of benzene rings is 2. The van der Waals surface area contributed by atoms with Crippen molar-refractivity contribution in [1.29, 1.82) is 0 Å². The number of H-pyrrole nitrogens is 1. The minimum Gasteiger partial charge on any atom is -0.322 e. The predicted octanol–water partition coefficient (Wildman–Crippen LogP) is 3.26. The molecule has 0 spiro atoms. The standard InChI is InChI=1S/C15H12FN3O/c1-9-2-3-11(16)7-13(9)15(20)18-12-4-5-14-10(6-12)8-17-19-14/h2-8H,1H3,(H,17,19)(H,18,20). The van der Waals surface area contributed by atoms with E-state index in [2.05, 4.69) is 15.5 Å². The van der Waals surface area contributed by atoms with Crippen LogP contribution in [0.15, 0.2) is 42.6 Å². The molecule has 0 saturated heterocycles. The minimum atomic E-state index is -0.425. The van der Waals surface area contributed by atoms with E-state index in [0.29, 0.717) is 11.3 Å². The Morgan fingerprint density at radius 1 is 1.25 bits per heavy atom. The Morgan fingerprint density at radius 2 is 2.10 bits per heavy atom. The van der Waals surface area contributed by atoms with Crippen molar-refractivity contribution in [3.8, 4) is 0 Å². The van der Waals surface area contributed by atoms with Crippen molar-refractivity contribution in [2.24, 2.45) is 0 Å². The highest BCUT2D eigenvalue weighted by atomic mass is 19.1. The molecule has 0 fully saturated rings. The van der Waals surface area contributed by atoms with Crippen LogP contribution < -0.4 is 5.32 Å². The summed E-state index contributed by atoms with van der Waals surface area (Å²) in [7, 11) is 0. The third-order valence-electron chi connectivity index (χ3n) is 3.14. The van der Waals surface area contributed by atoms with Gasteiger partial charge < -0.3 is 5.32 Å². The molecule has 0 radical (unpaired) electrons. The van der Waals surface area contributed by atoms with Gasteiger partial charge in [-0.05, 0) is 42.8 Å². The second kappa shape index (κ2) is 4.77. The van der Waals surface area contributed by atoms with Crippen LogP contribution >= 0.6 is 0 Å². The van der Waals surface area contributed by atoms with E-state index in [-0.39, 0.29) is 5.91 Å². The number of hydrogen-bond acceptors (Lipinski definition) is 2. The van der Waals surface area contributed by atoms with E-state index >= 15 is 0 Å². The molecule has 3 rings (SSSR count). The molecular weight excluding hydrogens is 257 g/mol. The van der Waals surface area contributed by atoms with Crippen LogP contribution in [-0.4, -0.2) is 16.1 Å². The van der Waals surface area contributed by atoms with Gasteiger partial charge in [-0.15, -0.1) is 0 Å². The highest BCUT2D eigenvalue weighted by molar-refractivity contribution is 6.06. The van der Waals surface area contributed by atoms with E-state index in [1.165, 1.54) is 12.1 Å². The van der Waals surface area contributed by atoms with Crippen LogP contribution in [0.3, 0.4) is 0 Å². The van der Waals surface area contributed by atoms with Crippen LogP contribution in [0.1, 0.15) is 15.9 Å². The third kappa shape index (κ3) is 2.25. The summed E-state index contributed by atoms with van der Waals surface area (Å²) in [5.74, 6) is -0.754. The number of halogens is 1. The molecule has 2 aromatic carbocycles. The molecule has 3 aromatic rings. The zero-order valence-corrected chi connectivity index (χ0v) is 10.8. The van der Waals surface area contributed by atoms with Crippen LogP contribution in [0.2, 0.25) is 0 Å². The number of rotatable bonds is 2. The van der Waals surface area contributed by atoms with Gasteiger partial charge in [-0.1, -0.05) is 6.07 Å². The van der Waals surface area contributed by atoms with Crippen LogP contribution in [0.25, 0.3) is 10.9 Å². The highest BCUT2D eigenvalue weighted by Crippen LogP contribution is 2.18. The zero-order valence-electron chi connectivity index (χ0n) is 10.8. The van der Waals surface area contributed by atoms with Gasteiger partial charge in [0.05, 0.1) is 11.7 Å². The van der Waals surface area contributed by atoms with Crippen molar-refractivity contribution >= 4 is 22.5 Å². The molecule has 0 aliphatic heterocycles. The number of nitrogens with zero attached hydrogens (tertiary/aromatic N) is 1. The molecule has 0 saturated carbocycles. The first-order valence-corrected chi connectivity index (χ1v) is 6.14. The van der Waals surface area contributed by atoms with E-state index in [1.807, 2.05) is 12.1 Å². The monoisotopic (exact) mass is 269 g/mol. The quantitative estimate of drug-likeness (QED) is 0.750. The lowest BCUT2D eigenvalue weighted by Gasteiger charge is -2.08. The average molecular weight is 269 g/mol. The molecule has 0 atom stereocenters. The van der Waals surface area contributed by atoms with E-state index in [0.717, 1.165) is 16.5 Å². The van der Waals surface area contributed by atoms with Crippen molar-refractivity contribution in [3.63, 3.8) is 0 Å². The largest absolute Gasteiger partial charge is 0.322 e. The number of amides is 1. The summed E-state index contributed by atoms with van der Waals surface area (Å²) in [5.41, 5.74) is 2.60. The number of nitrogens with one attached hydrogen (secondary N) is 2. The van der Waals surface area contributed by atoms with Gasteiger partial charge in [-0.25, -0.2) is 4.39 Å². The van der Waals surface area contributed by atoms with Crippen molar-refractivity contribution < 1.29 is 9.18 Å². The first-order valence-electron chi connectivity index (χ1n) is 6.14. The summed E-state index contributed by atoms with van der Waals surface area (Å²) in [6.45, 7) is 1.77. The number of carbonyl (C=O) groups excluding carboxylic acids is 1. The van der Waals surface area contributed by atoms with Crippen LogP contribution in [-0.2, 0) is 0 Å². The molecule has 1 aromatic heterocycles. The summed E-state index contributed by atoms with van der Waals surface area (Å²) in [5, 5.41) is 10.4. The maximum absolute atomic E-state index is 13.2. The van der Waals surface area contributed by atoms with E-state index in [4.69, 9.17) is 0 Å². The van der Waals surface area contributed by atoms with Crippen LogP contribution in [0.4, 0.5) is 10.1 Å². The lowest BCUT2D eigenvalue weighted by molar-refractivity contribution is 0.102. The zero-order chi connectivity index (χ0) is 14.1. The molecule has 0 unspecified atom stereocenters. The number of fused-ring (bicyclic) bond motifs is 1. The van der Waals surface area contributed by atoms with Crippen molar-refractivity contribution in [3.05, 3.63) is 59.5 Å². The second-order valence-corrected chi connectivity index (χ2v) is 4.59. The Labute approximate surface area is 114 Å². The topological polar surface area (TPSA) is 57.8 Å². The predicted molar refractivity (Wildman–Crippen MR) is 75.2 cm³/mol. The van der Waals surface area contributed by atoms with Gasteiger partial charge in [-0.2, -0.15) is 5.10 Å². The SMILES string of the molecule is Cc1ccc(F)cc1C(=O)Nc1ccc2[nH]ncc2c1. The van der Waals surface area contributed by atoms with Gasteiger partial charge >= 0.3 is 0 Å². The minimum absolute atomic E-state index is 0.329. The lowest BCUT2D eigenvalue weighted by atomic mass is 10.1. The van der Waals surface area contributed by atoms with Gasteiger partial charge in [-0.3, -0.25) is 9.89 Å². The fourth-order valence-corrected chi connectivity index (χ4v) is 2.06. The van der Waals surface area contributed by atoms with Gasteiger partial charge in [0.2, 0.25) is 0 Å². The highest BCUT2D eigenvalue weighted by Gasteiger charge is 2.10. The van der Waals surface area contributed by atoms with Crippen molar-refractivity contribution in [2.75, 3.05) is 5.32 Å². The summed E-state index contributed by atoms with van der Waals surface area (Å²) in [6, 6.07) is 9.57. The van der Waals surface area contributed by atoms with Crippen molar-refractivity contribution in [2.45, 2.75) is 6.92 Å². The lowest BCUT2D eigenvalue weighted by Crippen LogP contribution is -2.13. The maximum atomic E-state index is 13.2. The molecule has 1 amide bonds. The summed E-state index contributed by atoms with van der Waals surface area (Å²) >= 11 is 0. The molecular formula is C15H12FN3O. The summed E-state index contributed by atoms with van der Waals surface area (Å²) in [4.78, 5) is 12.2. The Bertz CT molecular complexity index is 795. The number of anilines is 1. The van der Waals surface area contributed by atoms with E-state index in [1.54, 1.807) is 25.3 Å². The fourth-order valence-electron chi connectivity index (χ4n) is 2.06. The van der Waals surface area contributed by atoms with Gasteiger partial charge in [0.1, 0.15) is 5.82 Å². The van der Waals surface area contributed by atoms with Gasteiger partial charge in [0, 0.05) is 16.6 Å². The van der Waals surface area contributed by atoms with E-state index in [9.17, 15) is 9.18 Å². The fraction of sp³-hybridized carbons (Fsp3) is 0.0667. The number of aromatic nitrogens is 2. The molecule has 1 heterocycles. The molecule has 4 nitrogen and oxygen atoms in total. The second-order valence-electron chi connectivity index (χ2n) is 4.59. The first kappa shape index (κ1) is 12.3. The van der Waals surface area contributed by atoms with Crippen LogP contribution in [0.5, 0.6) is 0 Å². The average Bonchev–Trinajstić information content (AvgIpc) is 2.89. The Morgan fingerprint density at radius 3 is 2.95 bits per heavy atom. The van der Waals surface area contributed by atoms with Gasteiger partial charge in [0.15, 0.2) is 0 Å². The van der Waals surface area contributed by atoms with Gasteiger partial charge in [0.25, 0.3) is 5.91 Å². The number of carbonyl (C=O) groups is 1. The third-order valence-corrected chi connectivity index (χ3v) is 3.14. The molecule has 0 bridgehead atoms. The smallest absolute Gasteiger partial charge is 0.256 e. The maximum Gasteiger partial charge on any atom is 0.256 e. The Balaban J connectivity index is 1.89. The molecule has 5 heteroatoms. The molecule has 2 N–H and O–H groups in total.